The molecule has 0 aliphatic rings. The lowest BCUT2D eigenvalue weighted by Gasteiger charge is -2.29. The van der Waals surface area contributed by atoms with E-state index in [0.29, 0.717) is 0 Å². The number of anilines is 3. The van der Waals surface area contributed by atoms with Crippen molar-refractivity contribution in [1.82, 2.24) is 0 Å². The van der Waals surface area contributed by atoms with Gasteiger partial charge in [0.1, 0.15) is 11.2 Å². The van der Waals surface area contributed by atoms with E-state index in [-0.39, 0.29) is 0 Å². The van der Waals surface area contributed by atoms with E-state index in [9.17, 15) is 0 Å². The Labute approximate surface area is 255 Å². The lowest BCUT2D eigenvalue weighted by molar-refractivity contribution is 0.670. The second kappa shape index (κ2) is 9.45. The monoisotopic (exact) mass is 563 g/mol. The van der Waals surface area contributed by atoms with Gasteiger partial charge in [-0.2, -0.15) is 0 Å². The molecule has 0 saturated carbocycles. The van der Waals surface area contributed by atoms with Gasteiger partial charge in [-0.25, -0.2) is 0 Å². The van der Waals surface area contributed by atoms with Crippen LogP contribution in [0, 0.1) is 13.8 Å². The maximum Gasteiger partial charge on any atom is 0.143 e. The van der Waals surface area contributed by atoms with E-state index in [1.165, 1.54) is 49.1 Å². The number of benzene rings is 8. The molecule has 44 heavy (non-hydrogen) atoms. The average Bonchev–Trinajstić information content (AvgIpc) is 3.45. The van der Waals surface area contributed by atoms with Gasteiger partial charge in [-0.05, 0) is 93.9 Å². The Bertz CT molecular complexity index is 2520. The molecule has 0 N–H and O–H groups in total. The van der Waals surface area contributed by atoms with E-state index in [4.69, 9.17) is 4.42 Å². The fraction of sp³-hybridized carbons (Fsp3) is 0.0476. The highest BCUT2D eigenvalue weighted by molar-refractivity contribution is 6.27. The van der Waals surface area contributed by atoms with E-state index in [1.54, 1.807) is 0 Å². The van der Waals surface area contributed by atoms with Crippen molar-refractivity contribution in [3.8, 4) is 11.1 Å². The van der Waals surface area contributed by atoms with Gasteiger partial charge in [0.25, 0.3) is 0 Å². The molecule has 0 bridgehead atoms. The van der Waals surface area contributed by atoms with E-state index in [0.717, 1.165) is 44.4 Å². The van der Waals surface area contributed by atoms with Crippen LogP contribution in [0.2, 0.25) is 0 Å². The van der Waals surface area contributed by atoms with Crippen LogP contribution in [0.4, 0.5) is 17.1 Å². The third-order valence-electron chi connectivity index (χ3n) is 9.26. The first-order chi connectivity index (χ1) is 21.7. The standard InChI is InChI=1S/C42H29NO/c1-26-18-19-28-20-21-33-27(2)24-38(37-23-22-32(26)40(28)41(33)37)43(30-11-4-3-5-12-30)31-13-8-10-29(25-31)34-15-9-16-36-35-14-6-7-17-39(35)44-42(34)36/h3-25H,1-2H3. The van der Waals surface area contributed by atoms with Gasteiger partial charge in [0.05, 0.1) is 5.69 Å². The van der Waals surface area contributed by atoms with E-state index < -0.39 is 0 Å². The highest BCUT2D eigenvalue weighted by atomic mass is 16.3. The zero-order valence-corrected chi connectivity index (χ0v) is 24.6. The first-order valence-electron chi connectivity index (χ1n) is 15.2. The maximum atomic E-state index is 6.44. The van der Waals surface area contributed by atoms with E-state index in [2.05, 4.69) is 146 Å². The first kappa shape index (κ1) is 24.9. The Morgan fingerprint density at radius 1 is 0.477 bits per heavy atom. The summed E-state index contributed by atoms with van der Waals surface area (Å²) in [4.78, 5) is 2.41. The van der Waals surface area contributed by atoms with Crippen molar-refractivity contribution in [2.24, 2.45) is 0 Å². The maximum absolute atomic E-state index is 6.44. The summed E-state index contributed by atoms with van der Waals surface area (Å²) in [5.74, 6) is 0. The number of hydrogen-bond acceptors (Lipinski definition) is 2. The fourth-order valence-electron chi connectivity index (χ4n) is 7.17. The number of aryl methyl sites for hydroxylation is 2. The van der Waals surface area contributed by atoms with Crippen molar-refractivity contribution in [3.05, 3.63) is 151 Å². The Balaban J connectivity index is 1.31. The molecule has 2 heteroatoms. The summed E-state index contributed by atoms with van der Waals surface area (Å²) < 4.78 is 6.44. The molecule has 0 unspecified atom stereocenters. The Kier molecular flexibility index (Phi) is 5.36. The molecule has 9 rings (SSSR count). The molecule has 2 nitrogen and oxygen atoms in total. The molecule has 1 aromatic heterocycles. The second-order valence-corrected chi connectivity index (χ2v) is 11.8. The van der Waals surface area contributed by atoms with Crippen LogP contribution >= 0.6 is 0 Å². The summed E-state index contributed by atoms with van der Waals surface area (Å²) in [5.41, 5.74) is 10.0. The van der Waals surface area contributed by atoms with Gasteiger partial charge in [-0.1, -0.05) is 103 Å². The molecular weight excluding hydrogens is 534 g/mol. The van der Waals surface area contributed by atoms with Gasteiger partial charge in [-0.15, -0.1) is 0 Å². The van der Waals surface area contributed by atoms with E-state index in [1.807, 2.05) is 12.1 Å². The lowest BCUT2D eigenvalue weighted by Crippen LogP contribution is -2.11. The Morgan fingerprint density at radius 2 is 1.18 bits per heavy atom. The molecule has 208 valence electrons. The molecular formula is C42H29NO. The number of fused-ring (bicyclic) bond motifs is 3. The molecule has 0 aliphatic carbocycles. The number of para-hydroxylation sites is 3. The minimum absolute atomic E-state index is 0.913. The summed E-state index contributed by atoms with van der Waals surface area (Å²) in [6, 6.07) is 50.4. The van der Waals surface area contributed by atoms with Gasteiger partial charge in [0.2, 0.25) is 0 Å². The first-order valence-corrected chi connectivity index (χ1v) is 15.2. The van der Waals surface area contributed by atoms with Crippen LogP contribution in [0.5, 0.6) is 0 Å². The zero-order valence-electron chi connectivity index (χ0n) is 24.6. The van der Waals surface area contributed by atoms with Crippen LogP contribution < -0.4 is 4.90 Å². The molecule has 0 atom stereocenters. The predicted octanol–water partition coefficient (Wildman–Crippen LogP) is 12.2. The molecule has 0 amide bonds. The second-order valence-electron chi connectivity index (χ2n) is 11.8. The zero-order chi connectivity index (χ0) is 29.4. The summed E-state index contributed by atoms with van der Waals surface area (Å²) >= 11 is 0. The molecule has 0 fully saturated rings. The van der Waals surface area contributed by atoms with Gasteiger partial charge in [0, 0.05) is 33.1 Å². The summed E-state index contributed by atoms with van der Waals surface area (Å²) in [5, 5.41) is 10.1. The topological polar surface area (TPSA) is 16.4 Å². The van der Waals surface area contributed by atoms with Crippen LogP contribution in [0.3, 0.4) is 0 Å². The normalized spacial score (nSPS) is 11.9. The molecule has 8 aromatic carbocycles. The van der Waals surface area contributed by atoms with Gasteiger partial charge in [0.15, 0.2) is 0 Å². The van der Waals surface area contributed by atoms with Gasteiger partial charge >= 0.3 is 0 Å². The smallest absolute Gasteiger partial charge is 0.143 e. The quantitative estimate of drug-likeness (QED) is 0.198. The molecule has 0 aliphatic heterocycles. The van der Waals surface area contributed by atoms with Crippen molar-refractivity contribution in [2.75, 3.05) is 4.90 Å². The average molecular weight is 564 g/mol. The Morgan fingerprint density at radius 3 is 2.09 bits per heavy atom. The van der Waals surface area contributed by atoms with Crippen molar-refractivity contribution < 1.29 is 4.42 Å². The highest BCUT2D eigenvalue weighted by Gasteiger charge is 2.21. The van der Waals surface area contributed by atoms with Crippen LogP contribution in [0.15, 0.2) is 144 Å². The largest absolute Gasteiger partial charge is 0.455 e. The Hall–Kier alpha value is -5.60. The van der Waals surface area contributed by atoms with Crippen LogP contribution in [-0.2, 0) is 0 Å². The molecule has 0 saturated heterocycles. The van der Waals surface area contributed by atoms with Crippen molar-refractivity contribution >= 4 is 71.3 Å². The van der Waals surface area contributed by atoms with Crippen LogP contribution in [0.1, 0.15) is 11.1 Å². The summed E-state index contributed by atoms with van der Waals surface area (Å²) in [7, 11) is 0. The number of furan rings is 1. The summed E-state index contributed by atoms with van der Waals surface area (Å²) in [6.07, 6.45) is 0. The van der Waals surface area contributed by atoms with Crippen LogP contribution in [0.25, 0.3) is 65.4 Å². The molecule has 9 aromatic rings. The van der Waals surface area contributed by atoms with Crippen molar-refractivity contribution in [3.63, 3.8) is 0 Å². The van der Waals surface area contributed by atoms with E-state index >= 15 is 0 Å². The number of nitrogens with zero attached hydrogens (tertiary/aromatic N) is 1. The highest BCUT2D eigenvalue weighted by Crippen LogP contribution is 2.46. The summed E-state index contributed by atoms with van der Waals surface area (Å²) in [6.45, 7) is 4.45. The minimum Gasteiger partial charge on any atom is -0.455 e. The van der Waals surface area contributed by atoms with Crippen molar-refractivity contribution in [1.29, 1.82) is 0 Å². The fourth-order valence-corrected chi connectivity index (χ4v) is 7.17. The predicted molar refractivity (Wildman–Crippen MR) is 187 cm³/mol. The third kappa shape index (κ3) is 3.61. The SMILES string of the molecule is Cc1ccc2ccc3c(C)cc(N(c4ccccc4)c4cccc(-c5cccc6c5oc5ccccc56)c4)c4ccc1c2c34. The van der Waals surface area contributed by atoms with Gasteiger partial charge < -0.3 is 9.32 Å². The molecule has 1 heterocycles. The number of hydrogen-bond donors (Lipinski definition) is 0. The van der Waals surface area contributed by atoms with Gasteiger partial charge in [-0.3, -0.25) is 0 Å². The number of rotatable bonds is 4. The lowest BCUT2D eigenvalue weighted by atomic mass is 9.89. The van der Waals surface area contributed by atoms with Crippen molar-refractivity contribution in [2.45, 2.75) is 13.8 Å². The molecule has 0 spiro atoms. The van der Waals surface area contributed by atoms with Crippen LogP contribution in [-0.4, -0.2) is 0 Å². The third-order valence-corrected chi connectivity index (χ3v) is 9.26. The minimum atomic E-state index is 0.913. The molecule has 0 radical (unpaired) electrons.